The van der Waals surface area contributed by atoms with E-state index >= 15 is 0 Å². The largest absolute Gasteiger partial charge is 0.435 e. The lowest BCUT2D eigenvalue weighted by molar-refractivity contribution is -0.138. The van der Waals surface area contributed by atoms with Crippen LogP contribution in [0.5, 0.6) is 5.75 Å². The van der Waals surface area contributed by atoms with E-state index in [1.807, 2.05) is 0 Å². The Labute approximate surface area is 76.1 Å². The zero-order chi connectivity index (χ0) is 10.8. The third-order valence-electron chi connectivity index (χ3n) is 1.39. The Kier molecular flexibility index (Phi) is 2.93. The Morgan fingerprint density at radius 3 is 2.29 bits per heavy atom. The van der Waals surface area contributed by atoms with E-state index in [4.69, 9.17) is 0 Å². The first kappa shape index (κ1) is 10.7. The molecule has 6 heteroatoms. The lowest BCUT2D eigenvalue weighted by Crippen LogP contribution is -2.07. The molecule has 0 saturated carbocycles. The first-order valence-electron chi connectivity index (χ1n) is 3.51. The highest BCUT2D eigenvalue weighted by Gasteiger charge is 2.30. The fraction of sp³-hybridized carbons (Fsp3) is 0.250. The van der Waals surface area contributed by atoms with Crippen LogP contribution in [-0.2, 0) is 6.18 Å². The van der Waals surface area contributed by atoms with Crippen molar-refractivity contribution >= 4 is 0 Å². The molecule has 0 bridgehead atoms. The smallest absolute Gasteiger partial charge is 0.416 e. The summed E-state index contributed by atoms with van der Waals surface area (Å²) in [7, 11) is 0. The maximum Gasteiger partial charge on any atom is 0.416 e. The predicted molar refractivity (Wildman–Crippen MR) is 38.1 cm³/mol. The average molecular weight is 212 g/mol. The van der Waals surface area contributed by atoms with Crippen LogP contribution in [0.25, 0.3) is 0 Å². The second kappa shape index (κ2) is 3.81. The first-order valence-corrected chi connectivity index (χ1v) is 3.51. The second-order valence-electron chi connectivity index (χ2n) is 2.40. The topological polar surface area (TPSA) is 9.23 Å². The van der Waals surface area contributed by atoms with Crippen molar-refractivity contribution in [2.24, 2.45) is 0 Å². The van der Waals surface area contributed by atoms with Gasteiger partial charge in [0, 0.05) is 0 Å². The molecule has 0 aliphatic heterocycles. The van der Waals surface area contributed by atoms with Gasteiger partial charge in [-0.05, 0) is 18.2 Å². The summed E-state index contributed by atoms with van der Waals surface area (Å²) in [6.45, 7) is -3.13. The molecule has 0 aliphatic rings. The molecule has 0 aliphatic carbocycles. The molecule has 0 aromatic heterocycles. The van der Waals surface area contributed by atoms with Gasteiger partial charge in [-0.1, -0.05) is 6.07 Å². The molecule has 0 saturated heterocycles. The van der Waals surface area contributed by atoms with Crippen molar-refractivity contribution in [1.82, 2.24) is 0 Å². The van der Waals surface area contributed by atoms with E-state index in [-0.39, 0.29) is 0 Å². The van der Waals surface area contributed by atoms with Crippen molar-refractivity contribution in [3.63, 3.8) is 0 Å². The van der Waals surface area contributed by atoms with Crippen LogP contribution in [0.15, 0.2) is 24.3 Å². The Morgan fingerprint density at radius 1 is 1.14 bits per heavy atom. The van der Waals surface area contributed by atoms with Crippen molar-refractivity contribution in [2.75, 3.05) is 0 Å². The van der Waals surface area contributed by atoms with Gasteiger partial charge in [-0.15, -0.1) is 0 Å². The Morgan fingerprint density at radius 2 is 1.79 bits per heavy atom. The fourth-order valence-electron chi connectivity index (χ4n) is 0.849. The zero-order valence-corrected chi connectivity index (χ0v) is 6.68. The molecule has 0 fully saturated rings. The molecule has 1 aromatic carbocycles. The molecule has 1 aromatic rings. The molecule has 0 atom stereocenters. The molecule has 1 nitrogen and oxygen atoms in total. The quantitative estimate of drug-likeness (QED) is 0.683. The molecule has 0 N–H and O–H groups in total. The molecule has 0 heterocycles. The highest BCUT2D eigenvalue weighted by molar-refractivity contribution is 5.30. The van der Waals surface area contributed by atoms with Crippen LogP contribution < -0.4 is 4.74 Å². The number of halogens is 5. The van der Waals surface area contributed by atoms with Gasteiger partial charge in [0.15, 0.2) is 0 Å². The molecular formula is C8H5F5O. The van der Waals surface area contributed by atoms with Crippen LogP contribution in [0.4, 0.5) is 22.0 Å². The summed E-state index contributed by atoms with van der Waals surface area (Å²) in [5.74, 6) is -0.505. The summed E-state index contributed by atoms with van der Waals surface area (Å²) < 4.78 is 63.3. The van der Waals surface area contributed by atoms with E-state index < -0.39 is 24.1 Å². The summed E-state index contributed by atoms with van der Waals surface area (Å²) >= 11 is 0. The van der Waals surface area contributed by atoms with Gasteiger partial charge in [-0.2, -0.15) is 22.0 Å². The van der Waals surface area contributed by atoms with Gasteiger partial charge >= 0.3 is 12.8 Å². The van der Waals surface area contributed by atoms with E-state index in [0.717, 1.165) is 18.2 Å². The van der Waals surface area contributed by atoms with Crippen LogP contribution in [0.3, 0.4) is 0 Å². The van der Waals surface area contributed by atoms with Crippen molar-refractivity contribution in [1.29, 1.82) is 0 Å². The third kappa shape index (κ3) is 2.86. The van der Waals surface area contributed by atoms with Crippen LogP contribution in [-0.4, -0.2) is 6.61 Å². The van der Waals surface area contributed by atoms with Gasteiger partial charge in [0.2, 0.25) is 0 Å². The molecule has 1 rings (SSSR count). The number of benzene rings is 1. The van der Waals surface area contributed by atoms with Gasteiger partial charge in [0.1, 0.15) is 5.75 Å². The lowest BCUT2D eigenvalue weighted by Gasteiger charge is -2.08. The van der Waals surface area contributed by atoms with Crippen LogP contribution in [0.2, 0.25) is 0 Å². The summed E-state index contributed by atoms with van der Waals surface area (Å²) in [5.41, 5.74) is -1.02. The second-order valence-corrected chi connectivity index (χ2v) is 2.40. The average Bonchev–Trinajstić information content (AvgIpc) is 2.01. The van der Waals surface area contributed by atoms with E-state index in [2.05, 4.69) is 4.74 Å². The number of hydrogen-bond acceptors (Lipinski definition) is 1. The number of alkyl halides is 5. The number of hydrogen-bond donors (Lipinski definition) is 0. The molecule has 0 radical (unpaired) electrons. The van der Waals surface area contributed by atoms with Gasteiger partial charge in [-0.3, -0.25) is 0 Å². The highest BCUT2D eigenvalue weighted by Crippen LogP contribution is 2.31. The molecule has 14 heavy (non-hydrogen) atoms. The van der Waals surface area contributed by atoms with Crippen LogP contribution in [0.1, 0.15) is 5.56 Å². The Balaban J connectivity index is 2.90. The lowest BCUT2D eigenvalue weighted by atomic mass is 10.2. The van der Waals surface area contributed by atoms with Crippen molar-refractivity contribution in [2.45, 2.75) is 12.8 Å². The van der Waals surface area contributed by atoms with E-state index in [9.17, 15) is 22.0 Å². The van der Waals surface area contributed by atoms with Crippen molar-refractivity contribution < 1.29 is 26.7 Å². The summed E-state index contributed by atoms with van der Waals surface area (Å²) in [5, 5.41) is 0. The maximum absolute atomic E-state index is 12.1. The highest BCUT2D eigenvalue weighted by atomic mass is 19.4. The minimum atomic E-state index is -4.55. The molecule has 0 amide bonds. The van der Waals surface area contributed by atoms with Gasteiger partial charge in [0.25, 0.3) is 0 Å². The minimum Gasteiger partial charge on any atom is -0.435 e. The number of ether oxygens (including phenoxy) is 1. The van der Waals surface area contributed by atoms with E-state index in [1.165, 1.54) is 0 Å². The Hall–Kier alpha value is -1.33. The predicted octanol–water partition coefficient (Wildman–Crippen LogP) is 3.31. The van der Waals surface area contributed by atoms with Gasteiger partial charge < -0.3 is 4.74 Å². The van der Waals surface area contributed by atoms with Crippen LogP contribution >= 0.6 is 0 Å². The standard InChI is InChI=1S/C8H5F5O/c9-7(10)14-6-3-1-2-5(4-6)8(11,12)13/h1-4,7H. The summed E-state index contributed by atoms with van der Waals surface area (Å²) in [4.78, 5) is 0. The monoisotopic (exact) mass is 212 g/mol. The minimum absolute atomic E-state index is 0.505. The Bertz CT molecular complexity index is 307. The normalized spacial score (nSPS) is 11.9. The van der Waals surface area contributed by atoms with E-state index in [0.29, 0.717) is 6.07 Å². The van der Waals surface area contributed by atoms with Crippen LogP contribution in [0, 0.1) is 0 Å². The zero-order valence-electron chi connectivity index (χ0n) is 6.68. The SMILES string of the molecule is FC(F)Oc1cccc(C(F)(F)F)c1. The first-order chi connectivity index (χ1) is 6.39. The molecular weight excluding hydrogens is 207 g/mol. The molecule has 0 spiro atoms. The van der Waals surface area contributed by atoms with Gasteiger partial charge in [-0.25, -0.2) is 0 Å². The third-order valence-corrected chi connectivity index (χ3v) is 1.39. The summed E-state index contributed by atoms with van der Waals surface area (Å²) in [6.07, 6.45) is -4.55. The fourth-order valence-corrected chi connectivity index (χ4v) is 0.849. The summed E-state index contributed by atoms with van der Waals surface area (Å²) in [6, 6.07) is 3.33. The maximum atomic E-state index is 12.1. The number of rotatable bonds is 2. The van der Waals surface area contributed by atoms with E-state index in [1.54, 1.807) is 0 Å². The molecule has 0 unspecified atom stereocenters. The van der Waals surface area contributed by atoms with Gasteiger partial charge in [0.05, 0.1) is 5.56 Å². The molecule has 78 valence electrons. The van der Waals surface area contributed by atoms with Crippen molar-refractivity contribution in [3.05, 3.63) is 29.8 Å². The van der Waals surface area contributed by atoms with Crippen molar-refractivity contribution in [3.8, 4) is 5.75 Å².